The fraction of sp³-hybridized carbons (Fsp3) is 0.267. The average Bonchev–Trinajstić information content (AvgIpc) is 2.90. The number of imidazole rings is 1. The molecule has 1 heterocycles. The second-order valence-corrected chi connectivity index (χ2v) is 4.30. The number of nitrogens with zero attached hydrogens (tertiary/aromatic N) is 3. The van der Waals surface area contributed by atoms with Crippen LogP contribution in [-0.4, -0.2) is 22.1 Å². The van der Waals surface area contributed by atoms with Crippen LogP contribution in [0.25, 0.3) is 0 Å². The molecule has 0 bridgehead atoms. The third-order valence-corrected chi connectivity index (χ3v) is 2.79. The molecule has 0 spiro atoms. The predicted octanol–water partition coefficient (Wildman–Crippen LogP) is 2.17. The summed E-state index contributed by atoms with van der Waals surface area (Å²) in [5, 5.41) is 8.62. The van der Waals surface area contributed by atoms with Gasteiger partial charge in [-0.3, -0.25) is 0 Å². The van der Waals surface area contributed by atoms with Crippen molar-refractivity contribution in [2.75, 3.05) is 6.61 Å². The number of esters is 1. The average molecular weight is 269 g/mol. The molecule has 0 unspecified atom stereocenters. The van der Waals surface area contributed by atoms with E-state index < -0.39 is 5.97 Å². The molecule has 20 heavy (non-hydrogen) atoms. The molecule has 0 saturated heterocycles. The van der Waals surface area contributed by atoms with Gasteiger partial charge >= 0.3 is 5.97 Å². The summed E-state index contributed by atoms with van der Waals surface area (Å²) in [6.45, 7) is 2.73. The van der Waals surface area contributed by atoms with Crippen LogP contribution in [0.3, 0.4) is 0 Å². The normalized spacial score (nSPS) is 10.0. The third-order valence-electron chi connectivity index (χ3n) is 2.79. The minimum atomic E-state index is -0.407. The summed E-state index contributed by atoms with van der Waals surface area (Å²) in [7, 11) is 0. The monoisotopic (exact) mass is 269 g/mol. The van der Waals surface area contributed by atoms with Crippen LogP contribution in [0.2, 0.25) is 0 Å². The van der Waals surface area contributed by atoms with E-state index in [1.165, 1.54) is 0 Å². The molecule has 5 nitrogen and oxygen atoms in total. The maximum absolute atomic E-state index is 11.5. The number of rotatable bonds is 5. The summed E-state index contributed by atoms with van der Waals surface area (Å²) < 4.78 is 6.71. The highest BCUT2D eigenvalue weighted by atomic mass is 16.5. The van der Waals surface area contributed by atoms with Crippen molar-refractivity contribution < 1.29 is 9.53 Å². The number of benzene rings is 1. The smallest absolute Gasteiger partial charge is 0.358 e. The van der Waals surface area contributed by atoms with Crippen molar-refractivity contribution in [2.24, 2.45) is 0 Å². The Labute approximate surface area is 117 Å². The Morgan fingerprint density at radius 3 is 2.70 bits per heavy atom. The summed E-state index contributed by atoms with van der Waals surface area (Å²) in [5.41, 5.74) is 2.39. The summed E-state index contributed by atoms with van der Waals surface area (Å²) in [6.07, 6.45) is 3.69. The van der Waals surface area contributed by atoms with Crippen LogP contribution in [0.15, 0.2) is 36.8 Å². The summed E-state index contributed by atoms with van der Waals surface area (Å²) in [6, 6.07) is 9.92. The van der Waals surface area contributed by atoms with Gasteiger partial charge in [-0.1, -0.05) is 24.3 Å². The molecule has 0 amide bonds. The van der Waals surface area contributed by atoms with Crippen LogP contribution in [0.1, 0.15) is 28.5 Å². The van der Waals surface area contributed by atoms with Crippen molar-refractivity contribution in [1.82, 2.24) is 9.55 Å². The lowest BCUT2D eigenvalue weighted by Crippen LogP contribution is -2.05. The molecular formula is C15H15N3O2. The highest BCUT2D eigenvalue weighted by Crippen LogP contribution is 2.08. The lowest BCUT2D eigenvalue weighted by Gasteiger charge is -2.03. The quantitative estimate of drug-likeness (QED) is 0.780. The SMILES string of the molecule is CCOC(=O)c1cn(Cc2ccc(CC#N)cc2)cn1. The van der Waals surface area contributed by atoms with Crippen LogP contribution < -0.4 is 0 Å². The zero-order valence-electron chi connectivity index (χ0n) is 11.2. The van der Waals surface area contributed by atoms with Crippen molar-refractivity contribution in [2.45, 2.75) is 19.9 Å². The maximum atomic E-state index is 11.5. The zero-order valence-corrected chi connectivity index (χ0v) is 11.2. The number of ether oxygens (including phenoxy) is 1. The molecule has 2 aromatic rings. The minimum absolute atomic E-state index is 0.313. The van der Waals surface area contributed by atoms with Crippen molar-refractivity contribution in [1.29, 1.82) is 5.26 Å². The molecule has 102 valence electrons. The summed E-state index contributed by atoms with van der Waals surface area (Å²) in [4.78, 5) is 15.5. The molecule has 0 radical (unpaired) electrons. The highest BCUT2D eigenvalue weighted by molar-refractivity contribution is 5.86. The van der Waals surface area contributed by atoms with Gasteiger partial charge in [-0.05, 0) is 18.1 Å². The fourth-order valence-electron chi connectivity index (χ4n) is 1.82. The first-order valence-corrected chi connectivity index (χ1v) is 6.36. The standard InChI is InChI=1S/C15H15N3O2/c1-2-20-15(19)14-10-18(11-17-14)9-13-5-3-12(4-6-13)7-8-16/h3-6,10-11H,2,7,9H2,1H3. The van der Waals surface area contributed by atoms with Gasteiger partial charge in [0.15, 0.2) is 5.69 Å². The van der Waals surface area contributed by atoms with Gasteiger partial charge in [-0.2, -0.15) is 5.26 Å². The Balaban J connectivity index is 2.03. The Kier molecular flexibility index (Phi) is 4.51. The van der Waals surface area contributed by atoms with E-state index in [0.29, 0.717) is 25.3 Å². The van der Waals surface area contributed by atoms with Gasteiger partial charge in [-0.15, -0.1) is 0 Å². The number of nitriles is 1. The first-order chi connectivity index (χ1) is 9.72. The van der Waals surface area contributed by atoms with E-state index in [0.717, 1.165) is 11.1 Å². The van der Waals surface area contributed by atoms with Gasteiger partial charge in [0.05, 0.1) is 25.4 Å². The number of hydrogen-bond acceptors (Lipinski definition) is 4. The first kappa shape index (κ1) is 13.8. The first-order valence-electron chi connectivity index (χ1n) is 6.36. The van der Waals surface area contributed by atoms with E-state index in [-0.39, 0.29) is 0 Å². The largest absolute Gasteiger partial charge is 0.461 e. The van der Waals surface area contributed by atoms with E-state index in [1.807, 2.05) is 28.8 Å². The Morgan fingerprint density at radius 1 is 1.35 bits per heavy atom. The Hall–Kier alpha value is -2.61. The number of carbonyl (C=O) groups excluding carboxylic acids is 1. The van der Waals surface area contributed by atoms with Crippen LogP contribution >= 0.6 is 0 Å². The van der Waals surface area contributed by atoms with Crippen molar-refractivity contribution >= 4 is 5.97 Å². The topological polar surface area (TPSA) is 67.9 Å². The molecule has 0 saturated carbocycles. The number of aromatic nitrogens is 2. The van der Waals surface area contributed by atoms with Gasteiger partial charge in [0.1, 0.15) is 0 Å². The zero-order chi connectivity index (χ0) is 14.4. The predicted molar refractivity (Wildman–Crippen MR) is 73.0 cm³/mol. The van der Waals surface area contributed by atoms with Gasteiger partial charge < -0.3 is 9.30 Å². The number of carbonyl (C=O) groups is 1. The minimum Gasteiger partial charge on any atom is -0.461 e. The van der Waals surface area contributed by atoms with Crippen LogP contribution in [0.5, 0.6) is 0 Å². The fourth-order valence-corrected chi connectivity index (χ4v) is 1.82. The second kappa shape index (κ2) is 6.53. The molecule has 0 aliphatic heterocycles. The molecule has 5 heteroatoms. The van der Waals surface area contributed by atoms with E-state index in [1.54, 1.807) is 19.4 Å². The van der Waals surface area contributed by atoms with Crippen molar-refractivity contribution in [3.05, 3.63) is 53.6 Å². The van der Waals surface area contributed by atoms with Crippen LogP contribution in [-0.2, 0) is 17.7 Å². The lowest BCUT2D eigenvalue weighted by molar-refractivity contribution is 0.0520. The van der Waals surface area contributed by atoms with E-state index in [9.17, 15) is 4.79 Å². The molecule has 1 aromatic heterocycles. The molecule has 0 N–H and O–H groups in total. The number of hydrogen-bond donors (Lipinski definition) is 0. The Morgan fingerprint density at radius 2 is 2.05 bits per heavy atom. The van der Waals surface area contributed by atoms with E-state index in [4.69, 9.17) is 10.00 Å². The second-order valence-electron chi connectivity index (χ2n) is 4.30. The van der Waals surface area contributed by atoms with Crippen LogP contribution in [0, 0.1) is 11.3 Å². The molecular weight excluding hydrogens is 254 g/mol. The maximum Gasteiger partial charge on any atom is 0.358 e. The highest BCUT2D eigenvalue weighted by Gasteiger charge is 2.09. The molecule has 0 aliphatic carbocycles. The van der Waals surface area contributed by atoms with E-state index >= 15 is 0 Å². The van der Waals surface area contributed by atoms with Gasteiger partial charge in [0.2, 0.25) is 0 Å². The van der Waals surface area contributed by atoms with Gasteiger partial charge in [0, 0.05) is 12.7 Å². The molecule has 0 aliphatic rings. The van der Waals surface area contributed by atoms with Crippen molar-refractivity contribution in [3.8, 4) is 6.07 Å². The lowest BCUT2D eigenvalue weighted by atomic mass is 10.1. The van der Waals surface area contributed by atoms with Crippen LogP contribution in [0.4, 0.5) is 0 Å². The molecule has 2 rings (SSSR count). The van der Waals surface area contributed by atoms with Gasteiger partial charge in [0.25, 0.3) is 0 Å². The van der Waals surface area contributed by atoms with Crippen molar-refractivity contribution in [3.63, 3.8) is 0 Å². The van der Waals surface area contributed by atoms with E-state index in [2.05, 4.69) is 11.1 Å². The third kappa shape index (κ3) is 3.45. The molecule has 0 atom stereocenters. The summed E-state index contributed by atoms with van der Waals surface area (Å²) in [5.74, 6) is -0.407. The molecule has 0 fully saturated rings. The molecule has 1 aromatic carbocycles. The summed E-state index contributed by atoms with van der Waals surface area (Å²) >= 11 is 0. The Bertz CT molecular complexity index is 623. The van der Waals surface area contributed by atoms with Gasteiger partial charge in [-0.25, -0.2) is 9.78 Å².